The van der Waals surface area contributed by atoms with Gasteiger partial charge in [-0.3, -0.25) is 9.69 Å². The van der Waals surface area contributed by atoms with Gasteiger partial charge in [-0.15, -0.1) is 0 Å². The number of nitrogens with two attached hydrogens (primary N) is 1. The van der Waals surface area contributed by atoms with Crippen LogP contribution in [0, 0.1) is 0 Å². The van der Waals surface area contributed by atoms with Crippen molar-refractivity contribution in [2.24, 2.45) is 5.73 Å². The van der Waals surface area contributed by atoms with Gasteiger partial charge in [0.15, 0.2) is 0 Å². The summed E-state index contributed by atoms with van der Waals surface area (Å²) in [5.74, 6) is -0.329. The van der Waals surface area contributed by atoms with Gasteiger partial charge in [-0.2, -0.15) is 0 Å². The van der Waals surface area contributed by atoms with Gasteiger partial charge in [0.1, 0.15) is 6.04 Å². The molecule has 1 aliphatic heterocycles. The lowest BCUT2D eigenvalue weighted by Gasteiger charge is -2.42. The van der Waals surface area contributed by atoms with Crippen LogP contribution in [0.25, 0.3) is 0 Å². The van der Waals surface area contributed by atoms with Crippen molar-refractivity contribution < 1.29 is 14.3 Å². The molecular formula is C12H24N2O3. The standard InChI is InChI=1S/C12H24N2O3/c1-5-16-11(15)10(13)7-14-6-9(2)17-12(3,4)8-14/h9-10H,5-8,13H2,1-4H3. The Kier molecular flexibility index (Phi) is 4.91. The van der Waals surface area contributed by atoms with E-state index in [0.717, 1.165) is 13.1 Å². The normalized spacial score (nSPS) is 26.5. The quantitative estimate of drug-likeness (QED) is 0.724. The lowest BCUT2D eigenvalue weighted by atomic mass is 10.0. The third-order valence-corrected chi connectivity index (χ3v) is 2.68. The lowest BCUT2D eigenvalue weighted by Crippen LogP contribution is -2.55. The molecule has 0 aromatic rings. The monoisotopic (exact) mass is 244 g/mol. The summed E-state index contributed by atoms with van der Waals surface area (Å²) in [5.41, 5.74) is 5.62. The molecule has 0 aromatic heterocycles. The summed E-state index contributed by atoms with van der Waals surface area (Å²) in [6.07, 6.45) is 0.160. The molecule has 2 N–H and O–H groups in total. The average Bonchev–Trinajstić information content (AvgIpc) is 2.14. The maximum atomic E-state index is 11.5. The summed E-state index contributed by atoms with van der Waals surface area (Å²) in [6, 6.07) is -0.573. The van der Waals surface area contributed by atoms with Crippen LogP contribution in [0.3, 0.4) is 0 Å². The van der Waals surface area contributed by atoms with Gasteiger partial charge in [-0.1, -0.05) is 0 Å². The van der Waals surface area contributed by atoms with E-state index < -0.39 is 6.04 Å². The molecule has 0 saturated carbocycles. The number of esters is 1. The first-order valence-corrected chi connectivity index (χ1v) is 6.16. The molecule has 17 heavy (non-hydrogen) atoms. The highest BCUT2D eigenvalue weighted by Crippen LogP contribution is 2.20. The smallest absolute Gasteiger partial charge is 0.324 e. The van der Waals surface area contributed by atoms with Crippen molar-refractivity contribution in [1.29, 1.82) is 0 Å². The lowest BCUT2D eigenvalue weighted by molar-refractivity contribution is -0.149. The van der Waals surface area contributed by atoms with Crippen LogP contribution in [0.5, 0.6) is 0 Å². The second-order valence-corrected chi connectivity index (χ2v) is 5.24. The van der Waals surface area contributed by atoms with E-state index in [-0.39, 0.29) is 17.7 Å². The van der Waals surface area contributed by atoms with Crippen molar-refractivity contribution in [1.82, 2.24) is 4.90 Å². The molecule has 0 spiro atoms. The minimum absolute atomic E-state index is 0.160. The Morgan fingerprint density at radius 1 is 1.65 bits per heavy atom. The molecule has 0 amide bonds. The number of ether oxygens (including phenoxy) is 2. The van der Waals surface area contributed by atoms with Crippen LogP contribution in [0.1, 0.15) is 27.7 Å². The van der Waals surface area contributed by atoms with E-state index in [1.807, 2.05) is 20.8 Å². The fraction of sp³-hybridized carbons (Fsp3) is 0.917. The van der Waals surface area contributed by atoms with Gasteiger partial charge in [0.2, 0.25) is 0 Å². The number of hydrogen-bond donors (Lipinski definition) is 1. The summed E-state index contributed by atoms with van der Waals surface area (Å²) >= 11 is 0. The molecular weight excluding hydrogens is 220 g/mol. The number of hydrogen-bond acceptors (Lipinski definition) is 5. The predicted molar refractivity (Wildman–Crippen MR) is 65.7 cm³/mol. The van der Waals surface area contributed by atoms with Crippen molar-refractivity contribution in [3.63, 3.8) is 0 Å². The van der Waals surface area contributed by atoms with Crippen LogP contribution < -0.4 is 5.73 Å². The van der Waals surface area contributed by atoms with Crippen LogP contribution in [-0.4, -0.2) is 54.9 Å². The van der Waals surface area contributed by atoms with Crippen LogP contribution >= 0.6 is 0 Å². The van der Waals surface area contributed by atoms with Gasteiger partial charge in [0.25, 0.3) is 0 Å². The fourth-order valence-corrected chi connectivity index (χ4v) is 2.33. The van der Waals surface area contributed by atoms with Crippen molar-refractivity contribution in [3.05, 3.63) is 0 Å². The molecule has 2 unspecified atom stereocenters. The van der Waals surface area contributed by atoms with E-state index in [9.17, 15) is 4.79 Å². The minimum Gasteiger partial charge on any atom is -0.465 e. The highest BCUT2D eigenvalue weighted by atomic mass is 16.5. The average molecular weight is 244 g/mol. The Balaban J connectivity index is 2.48. The van der Waals surface area contributed by atoms with E-state index in [4.69, 9.17) is 15.2 Å². The summed E-state index contributed by atoms with van der Waals surface area (Å²) in [4.78, 5) is 13.6. The van der Waals surface area contributed by atoms with Crippen molar-refractivity contribution in [2.45, 2.75) is 45.4 Å². The predicted octanol–water partition coefficient (Wildman–Crippen LogP) is 0.376. The zero-order valence-electron chi connectivity index (χ0n) is 11.2. The highest BCUT2D eigenvalue weighted by molar-refractivity contribution is 5.75. The van der Waals surface area contributed by atoms with Gasteiger partial charge < -0.3 is 15.2 Å². The molecule has 1 heterocycles. The SMILES string of the molecule is CCOC(=O)C(N)CN1CC(C)OC(C)(C)C1. The maximum Gasteiger partial charge on any atom is 0.324 e. The molecule has 5 heteroatoms. The highest BCUT2D eigenvalue weighted by Gasteiger charge is 2.32. The molecule has 1 rings (SSSR count). The fourth-order valence-electron chi connectivity index (χ4n) is 2.33. The van der Waals surface area contributed by atoms with Crippen LogP contribution in [-0.2, 0) is 14.3 Å². The molecule has 100 valence electrons. The molecule has 0 aromatic carbocycles. The molecule has 0 bridgehead atoms. The van der Waals surface area contributed by atoms with E-state index in [1.54, 1.807) is 6.92 Å². The first-order chi connectivity index (χ1) is 7.84. The van der Waals surface area contributed by atoms with Gasteiger partial charge in [0, 0.05) is 19.6 Å². The summed E-state index contributed by atoms with van der Waals surface area (Å²) < 4.78 is 10.7. The largest absolute Gasteiger partial charge is 0.465 e. The van der Waals surface area contributed by atoms with Crippen molar-refractivity contribution in [2.75, 3.05) is 26.2 Å². The second kappa shape index (κ2) is 5.80. The van der Waals surface area contributed by atoms with E-state index in [0.29, 0.717) is 13.2 Å². The van der Waals surface area contributed by atoms with Crippen LogP contribution in [0.4, 0.5) is 0 Å². The Bertz CT molecular complexity index is 268. The second-order valence-electron chi connectivity index (χ2n) is 5.24. The third-order valence-electron chi connectivity index (χ3n) is 2.68. The molecule has 2 atom stereocenters. The number of carbonyl (C=O) groups excluding carboxylic acids is 1. The van der Waals surface area contributed by atoms with Gasteiger partial charge >= 0.3 is 5.97 Å². The van der Waals surface area contributed by atoms with Crippen LogP contribution in [0.2, 0.25) is 0 Å². The third kappa shape index (κ3) is 4.61. The molecule has 1 fully saturated rings. The zero-order valence-corrected chi connectivity index (χ0v) is 11.2. The topological polar surface area (TPSA) is 64.8 Å². The Hall–Kier alpha value is -0.650. The van der Waals surface area contributed by atoms with Gasteiger partial charge in [0.05, 0.1) is 18.3 Å². The summed E-state index contributed by atoms with van der Waals surface area (Å²) in [6.45, 7) is 10.4. The Morgan fingerprint density at radius 3 is 2.82 bits per heavy atom. The van der Waals surface area contributed by atoms with Crippen LogP contribution in [0.15, 0.2) is 0 Å². The van der Waals surface area contributed by atoms with E-state index >= 15 is 0 Å². The van der Waals surface area contributed by atoms with Crippen molar-refractivity contribution >= 4 is 5.97 Å². The number of rotatable bonds is 4. The first kappa shape index (κ1) is 14.4. The van der Waals surface area contributed by atoms with Gasteiger partial charge in [-0.25, -0.2) is 0 Å². The zero-order chi connectivity index (χ0) is 13.1. The molecule has 1 saturated heterocycles. The van der Waals surface area contributed by atoms with Crippen molar-refractivity contribution in [3.8, 4) is 0 Å². The molecule has 0 radical (unpaired) electrons. The minimum atomic E-state index is -0.573. The summed E-state index contributed by atoms with van der Waals surface area (Å²) in [7, 11) is 0. The number of nitrogens with zero attached hydrogens (tertiary/aromatic N) is 1. The molecule has 0 aliphatic carbocycles. The molecule has 1 aliphatic rings. The molecule has 5 nitrogen and oxygen atoms in total. The van der Waals surface area contributed by atoms with Gasteiger partial charge in [-0.05, 0) is 27.7 Å². The number of morpholine rings is 1. The maximum absolute atomic E-state index is 11.5. The van der Waals surface area contributed by atoms with E-state index in [1.165, 1.54) is 0 Å². The van der Waals surface area contributed by atoms with E-state index in [2.05, 4.69) is 4.90 Å². The summed E-state index contributed by atoms with van der Waals surface area (Å²) in [5, 5.41) is 0. The first-order valence-electron chi connectivity index (χ1n) is 6.16. The number of carbonyl (C=O) groups is 1. The Morgan fingerprint density at radius 2 is 2.29 bits per heavy atom. The Labute approximate surface area is 103 Å².